The third-order valence-corrected chi connectivity index (χ3v) is 3.88. The maximum Gasteiger partial charge on any atom is 0.0572 e. The number of hydrogen-bond acceptors (Lipinski definition) is 4. The standard InChI is InChI=1S/C15H26N4/c1-4-14(16)15-8-7-12(10-17-15)19-9-5-6-13(19)11-18(2)3/h7-8,10,13-14H,4-6,9,11,16H2,1-3H3. The van der Waals surface area contributed by atoms with E-state index in [1.54, 1.807) is 0 Å². The van der Waals surface area contributed by atoms with Gasteiger partial charge in [-0.05, 0) is 45.5 Å². The molecule has 19 heavy (non-hydrogen) atoms. The summed E-state index contributed by atoms with van der Waals surface area (Å²) in [5.74, 6) is 0. The molecule has 0 radical (unpaired) electrons. The molecule has 1 aromatic heterocycles. The average Bonchev–Trinajstić information content (AvgIpc) is 2.85. The molecule has 1 aliphatic heterocycles. The van der Waals surface area contributed by atoms with Crippen LogP contribution in [0.5, 0.6) is 0 Å². The van der Waals surface area contributed by atoms with E-state index < -0.39 is 0 Å². The van der Waals surface area contributed by atoms with Crippen molar-refractivity contribution in [1.82, 2.24) is 9.88 Å². The van der Waals surface area contributed by atoms with Gasteiger partial charge in [-0.25, -0.2) is 0 Å². The molecule has 0 aromatic carbocycles. The Bertz CT molecular complexity index is 388. The number of anilines is 1. The van der Waals surface area contributed by atoms with Crippen LogP contribution in [-0.4, -0.2) is 43.1 Å². The first kappa shape index (κ1) is 14.3. The van der Waals surface area contributed by atoms with E-state index in [4.69, 9.17) is 5.73 Å². The van der Waals surface area contributed by atoms with Gasteiger partial charge in [0.15, 0.2) is 0 Å². The molecular weight excluding hydrogens is 236 g/mol. The summed E-state index contributed by atoms with van der Waals surface area (Å²) in [6.07, 6.45) is 5.46. The molecule has 0 amide bonds. The molecule has 0 aliphatic carbocycles. The SMILES string of the molecule is CCC(N)c1ccc(N2CCCC2CN(C)C)cn1. The normalized spacial score (nSPS) is 21.1. The van der Waals surface area contributed by atoms with Crippen molar-refractivity contribution in [3.05, 3.63) is 24.0 Å². The van der Waals surface area contributed by atoms with E-state index in [1.807, 2.05) is 6.20 Å². The lowest BCUT2D eigenvalue weighted by molar-refractivity contribution is 0.372. The maximum absolute atomic E-state index is 6.01. The average molecular weight is 262 g/mol. The van der Waals surface area contributed by atoms with E-state index in [0.29, 0.717) is 6.04 Å². The molecule has 0 spiro atoms. The van der Waals surface area contributed by atoms with Crippen molar-refractivity contribution in [1.29, 1.82) is 0 Å². The smallest absolute Gasteiger partial charge is 0.0572 e. The third-order valence-electron chi connectivity index (χ3n) is 3.88. The zero-order chi connectivity index (χ0) is 13.8. The van der Waals surface area contributed by atoms with Gasteiger partial charge in [-0.2, -0.15) is 0 Å². The van der Waals surface area contributed by atoms with Crippen LogP contribution in [0.2, 0.25) is 0 Å². The largest absolute Gasteiger partial charge is 0.366 e. The number of nitrogens with zero attached hydrogens (tertiary/aromatic N) is 3. The predicted octanol–water partition coefficient (Wildman–Crippen LogP) is 2.02. The molecule has 4 nitrogen and oxygen atoms in total. The van der Waals surface area contributed by atoms with Gasteiger partial charge in [0.2, 0.25) is 0 Å². The second-order valence-corrected chi connectivity index (χ2v) is 5.71. The van der Waals surface area contributed by atoms with Crippen LogP contribution in [0.25, 0.3) is 0 Å². The Morgan fingerprint density at radius 3 is 2.84 bits per heavy atom. The molecule has 0 saturated carbocycles. The molecule has 2 N–H and O–H groups in total. The first-order valence-electron chi connectivity index (χ1n) is 7.24. The van der Waals surface area contributed by atoms with E-state index in [1.165, 1.54) is 18.5 Å². The minimum absolute atomic E-state index is 0.0604. The first-order chi connectivity index (χ1) is 9.11. The quantitative estimate of drug-likeness (QED) is 0.882. The van der Waals surface area contributed by atoms with E-state index in [-0.39, 0.29) is 6.04 Å². The predicted molar refractivity (Wildman–Crippen MR) is 80.4 cm³/mol. The number of aromatic nitrogens is 1. The molecule has 1 fully saturated rings. The highest BCUT2D eigenvalue weighted by molar-refractivity contribution is 5.47. The molecule has 2 atom stereocenters. The van der Waals surface area contributed by atoms with Crippen LogP contribution in [0.3, 0.4) is 0 Å². The molecule has 1 saturated heterocycles. The molecule has 106 valence electrons. The first-order valence-corrected chi connectivity index (χ1v) is 7.24. The summed E-state index contributed by atoms with van der Waals surface area (Å²) >= 11 is 0. The molecule has 0 bridgehead atoms. The van der Waals surface area contributed by atoms with E-state index in [0.717, 1.165) is 25.2 Å². The summed E-state index contributed by atoms with van der Waals surface area (Å²) in [5.41, 5.74) is 8.24. The van der Waals surface area contributed by atoms with Gasteiger partial charge < -0.3 is 15.5 Å². The lowest BCUT2D eigenvalue weighted by atomic mass is 10.1. The van der Waals surface area contributed by atoms with Crippen molar-refractivity contribution < 1.29 is 0 Å². The Labute approximate surface area is 116 Å². The van der Waals surface area contributed by atoms with Crippen molar-refractivity contribution in [2.75, 3.05) is 32.1 Å². The van der Waals surface area contributed by atoms with Gasteiger partial charge in [-0.1, -0.05) is 6.92 Å². The number of hydrogen-bond donors (Lipinski definition) is 1. The fourth-order valence-corrected chi connectivity index (χ4v) is 2.78. The van der Waals surface area contributed by atoms with Crippen LogP contribution in [0, 0.1) is 0 Å². The van der Waals surface area contributed by atoms with Crippen molar-refractivity contribution in [3.8, 4) is 0 Å². The Balaban J connectivity index is 2.08. The van der Waals surface area contributed by atoms with Crippen molar-refractivity contribution >= 4 is 5.69 Å². The molecule has 1 aliphatic rings. The number of likely N-dealkylation sites (N-methyl/N-ethyl adjacent to an activating group) is 1. The van der Waals surface area contributed by atoms with Crippen LogP contribution in [-0.2, 0) is 0 Å². The number of pyridine rings is 1. The zero-order valence-electron chi connectivity index (χ0n) is 12.3. The fourth-order valence-electron chi connectivity index (χ4n) is 2.78. The van der Waals surface area contributed by atoms with Gasteiger partial charge in [0.1, 0.15) is 0 Å². The second-order valence-electron chi connectivity index (χ2n) is 5.71. The molecule has 2 rings (SSSR count). The lowest BCUT2D eigenvalue weighted by Gasteiger charge is -2.29. The number of nitrogens with two attached hydrogens (primary N) is 1. The monoisotopic (exact) mass is 262 g/mol. The fraction of sp³-hybridized carbons (Fsp3) is 0.667. The second kappa shape index (κ2) is 6.35. The molecular formula is C15H26N4. The van der Waals surface area contributed by atoms with Crippen LogP contribution >= 0.6 is 0 Å². The zero-order valence-corrected chi connectivity index (χ0v) is 12.3. The summed E-state index contributed by atoms with van der Waals surface area (Å²) < 4.78 is 0. The van der Waals surface area contributed by atoms with Crippen molar-refractivity contribution in [2.45, 2.75) is 38.3 Å². The Kier molecular flexibility index (Phi) is 4.77. The summed E-state index contributed by atoms with van der Waals surface area (Å²) in [4.78, 5) is 9.27. The Morgan fingerprint density at radius 2 is 2.26 bits per heavy atom. The Morgan fingerprint density at radius 1 is 1.47 bits per heavy atom. The molecule has 1 aromatic rings. The summed E-state index contributed by atoms with van der Waals surface area (Å²) in [7, 11) is 4.27. The van der Waals surface area contributed by atoms with Crippen molar-refractivity contribution in [2.24, 2.45) is 5.73 Å². The number of rotatable bonds is 5. The van der Waals surface area contributed by atoms with E-state index in [2.05, 4.69) is 47.9 Å². The lowest BCUT2D eigenvalue weighted by Crippen LogP contribution is -2.37. The van der Waals surface area contributed by atoms with Crippen LogP contribution in [0.1, 0.15) is 37.9 Å². The van der Waals surface area contributed by atoms with Crippen LogP contribution in [0.15, 0.2) is 18.3 Å². The highest BCUT2D eigenvalue weighted by atomic mass is 15.2. The summed E-state index contributed by atoms with van der Waals surface area (Å²) in [6.45, 7) is 4.34. The van der Waals surface area contributed by atoms with Crippen LogP contribution in [0.4, 0.5) is 5.69 Å². The topological polar surface area (TPSA) is 45.4 Å². The molecule has 4 heteroatoms. The molecule has 2 unspecified atom stereocenters. The Hall–Kier alpha value is -1.13. The van der Waals surface area contributed by atoms with Gasteiger partial charge in [0, 0.05) is 25.2 Å². The van der Waals surface area contributed by atoms with Gasteiger partial charge in [-0.3, -0.25) is 4.98 Å². The minimum atomic E-state index is 0.0604. The van der Waals surface area contributed by atoms with Gasteiger partial charge in [0.05, 0.1) is 17.6 Å². The van der Waals surface area contributed by atoms with Crippen molar-refractivity contribution in [3.63, 3.8) is 0 Å². The van der Waals surface area contributed by atoms with Gasteiger partial charge in [0.25, 0.3) is 0 Å². The maximum atomic E-state index is 6.01. The summed E-state index contributed by atoms with van der Waals surface area (Å²) in [6, 6.07) is 4.92. The summed E-state index contributed by atoms with van der Waals surface area (Å²) in [5, 5.41) is 0. The van der Waals surface area contributed by atoms with E-state index in [9.17, 15) is 0 Å². The highest BCUT2D eigenvalue weighted by Crippen LogP contribution is 2.26. The van der Waals surface area contributed by atoms with E-state index >= 15 is 0 Å². The highest BCUT2D eigenvalue weighted by Gasteiger charge is 2.25. The molecule has 2 heterocycles. The third kappa shape index (κ3) is 3.45. The minimum Gasteiger partial charge on any atom is -0.366 e. The van der Waals surface area contributed by atoms with Gasteiger partial charge in [-0.15, -0.1) is 0 Å². The van der Waals surface area contributed by atoms with Gasteiger partial charge >= 0.3 is 0 Å². The van der Waals surface area contributed by atoms with Crippen LogP contribution < -0.4 is 10.6 Å².